The van der Waals surface area contributed by atoms with E-state index in [4.69, 9.17) is 16.3 Å². The van der Waals surface area contributed by atoms with E-state index in [0.29, 0.717) is 28.4 Å². The number of esters is 1. The number of carbonyl (C=O) groups excluding carboxylic acids is 2. The quantitative estimate of drug-likeness (QED) is 0.755. The summed E-state index contributed by atoms with van der Waals surface area (Å²) in [7, 11) is 0. The number of halogens is 1. The highest BCUT2D eigenvalue weighted by Gasteiger charge is 2.35. The molecule has 2 aliphatic rings. The normalized spacial score (nSPS) is 21.3. The lowest BCUT2D eigenvalue weighted by Crippen LogP contribution is -2.48. The van der Waals surface area contributed by atoms with Crippen molar-refractivity contribution in [3.8, 4) is 0 Å². The highest BCUT2D eigenvalue weighted by molar-refractivity contribution is 6.31. The van der Waals surface area contributed by atoms with Crippen molar-refractivity contribution in [3.63, 3.8) is 0 Å². The van der Waals surface area contributed by atoms with E-state index in [2.05, 4.69) is 15.5 Å². The fourth-order valence-electron chi connectivity index (χ4n) is 3.65. The number of rotatable bonds is 5. The molecule has 0 radical (unpaired) electrons. The summed E-state index contributed by atoms with van der Waals surface area (Å²) >= 11 is 6.36. The average Bonchev–Trinajstić information content (AvgIpc) is 2.90. The largest absolute Gasteiger partial charge is 0.463 e. The Balaban J connectivity index is 1.99. The summed E-state index contributed by atoms with van der Waals surface area (Å²) in [6.07, 6.45) is 4.69. The number of benzene rings is 1. The summed E-state index contributed by atoms with van der Waals surface area (Å²) < 4.78 is 5.30. The Hall–Kier alpha value is -2.05. The summed E-state index contributed by atoms with van der Waals surface area (Å²) in [5.74, 6) is -0.431. The van der Waals surface area contributed by atoms with Gasteiger partial charge in [0, 0.05) is 17.3 Å². The summed E-state index contributed by atoms with van der Waals surface area (Å²) in [6, 6.07) is 6.27. The van der Waals surface area contributed by atoms with Gasteiger partial charge in [-0.05, 0) is 44.5 Å². The van der Waals surface area contributed by atoms with Gasteiger partial charge in [-0.3, -0.25) is 4.90 Å². The van der Waals surface area contributed by atoms with Gasteiger partial charge in [0.05, 0.1) is 18.2 Å². The molecular formula is C20H26ClN3O3. The summed E-state index contributed by atoms with van der Waals surface area (Å²) in [5, 5.41) is 6.17. The first-order valence-corrected chi connectivity index (χ1v) is 9.92. The molecule has 1 aromatic carbocycles. The Morgan fingerprint density at radius 3 is 2.59 bits per heavy atom. The zero-order valence-electron chi connectivity index (χ0n) is 15.6. The van der Waals surface area contributed by atoms with Crippen LogP contribution in [0.4, 0.5) is 4.79 Å². The molecule has 27 heavy (non-hydrogen) atoms. The molecule has 146 valence electrons. The molecule has 0 unspecified atom stereocenters. The first-order valence-electron chi connectivity index (χ1n) is 9.54. The molecule has 1 aromatic rings. The van der Waals surface area contributed by atoms with Crippen LogP contribution in [0.15, 0.2) is 35.5 Å². The molecule has 2 aliphatic heterocycles. The summed E-state index contributed by atoms with van der Waals surface area (Å²) in [5.41, 5.74) is 1.71. The number of hydrogen-bond acceptors (Lipinski definition) is 4. The average molecular weight is 392 g/mol. The van der Waals surface area contributed by atoms with Crippen molar-refractivity contribution in [2.24, 2.45) is 0 Å². The number of likely N-dealkylation sites (tertiary alicyclic amines) is 1. The van der Waals surface area contributed by atoms with Gasteiger partial charge in [-0.25, -0.2) is 9.59 Å². The van der Waals surface area contributed by atoms with Gasteiger partial charge in [-0.15, -0.1) is 0 Å². The maximum atomic E-state index is 12.8. The van der Waals surface area contributed by atoms with Crippen LogP contribution in [0.2, 0.25) is 5.02 Å². The van der Waals surface area contributed by atoms with E-state index >= 15 is 0 Å². The van der Waals surface area contributed by atoms with Crippen LogP contribution in [0.1, 0.15) is 44.2 Å². The molecule has 2 amide bonds. The minimum atomic E-state index is -0.631. The third kappa shape index (κ3) is 4.82. The molecular weight excluding hydrogens is 366 g/mol. The van der Waals surface area contributed by atoms with Crippen molar-refractivity contribution >= 4 is 23.6 Å². The molecule has 0 saturated carbocycles. The number of amides is 2. The number of ether oxygens (including phenoxy) is 1. The fraction of sp³-hybridized carbons (Fsp3) is 0.500. The lowest BCUT2D eigenvalue weighted by atomic mass is 9.95. The molecule has 0 spiro atoms. The molecule has 3 rings (SSSR count). The van der Waals surface area contributed by atoms with Crippen molar-refractivity contribution < 1.29 is 14.3 Å². The number of carbonyl (C=O) groups is 2. The molecule has 0 bridgehead atoms. The van der Waals surface area contributed by atoms with Gasteiger partial charge < -0.3 is 15.4 Å². The standard InChI is InChI=1S/C20H26ClN3O3/c1-2-27-19(25)17-16(13-24-11-7-3-4-8-12-24)22-20(26)23-18(17)14-9-5-6-10-15(14)21/h5-6,9-10,18H,2-4,7-8,11-13H2,1H3,(H2,22,23,26)/t18-/m0/s1. The van der Waals surface area contributed by atoms with Crippen LogP contribution >= 0.6 is 11.6 Å². The monoisotopic (exact) mass is 391 g/mol. The Morgan fingerprint density at radius 2 is 1.93 bits per heavy atom. The number of urea groups is 1. The lowest BCUT2D eigenvalue weighted by molar-refractivity contribution is -0.139. The van der Waals surface area contributed by atoms with Crippen molar-refractivity contribution in [1.29, 1.82) is 0 Å². The molecule has 0 aliphatic carbocycles. The van der Waals surface area contributed by atoms with E-state index in [-0.39, 0.29) is 12.6 Å². The third-order valence-electron chi connectivity index (χ3n) is 4.95. The molecule has 1 fully saturated rings. The van der Waals surface area contributed by atoms with Crippen molar-refractivity contribution in [3.05, 3.63) is 46.1 Å². The Kier molecular flexibility index (Phi) is 6.74. The smallest absolute Gasteiger partial charge is 0.338 e. The van der Waals surface area contributed by atoms with Crippen LogP contribution in [-0.4, -0.2) is 43.1 Å². The van der Waals surface area contributed by atoms with Gasteiger partial charge in [0.2, 0.25) is 0 Å². The Morgan fingerprint density at radius 1 is 1.22 bits per heavy atom. The minimum Gasteiger partial charge on any atom is -0.463 e. The predicted octanol–water partition coefficient (Wildman–Crippen LogP) is 3.39. The first kappa shape index (κ1) is 19.7. The van der Waals surface area contributed by atoms with Gasteiger partial charge >= 0.3 is 12.0 Å². The third-order valence-corrected chi connectivity index (χ3v) is 5.29. The zero-order valence-corrected chi connectivity index (χ0v) is 16.3. The Bertz CT molecular complexity index is 727. The molecule has 2 N–H and O–H groups in total. The molecule has 2 heterocycles. The SMILES string of the molecule is CCOC(=O)C1=C(CN2CCCCCC2)NC(=O)N[C@H]1c1ccccc1Cl. The second-order valence-electron chi connectivity index (χ2n) is 6.86. The van der Waals surface area contributed by atoms with Crippen LogP contribution in [0.5, 0.6) is 0 Å². The van der Waals surface area contributed by atoms with Gasteiger partial charge in [0.25, 0.3) is 0 Å². The van der Waals surface area contributed by atoms with E-state index in [9.17, 15) is 9.59 Å². The zero-order chi connectivity index (χ0) is 19.2. The maximum Gasteiger partial charge on any atom is 0.338 e. The van der Waals surface area contributed by atoms with E-state index in [0.717, 1.165) is 25.9 Å². The number of nitrogens with one attached hydrogen (secondary N) is 2. The van der Waals surface area contributed by atoms with Gasteiger partial charge in [0.1, 0.15) is 0 Å². The van der Waals surface area contributed by atoms with E-state index in [1.165, 1.54) is 12.8 Å². The highest BCUT2D eigenvalue weighted by atomic mass is 35.5. The second-order valence-corrected chi connectivity index (χ2v) is 7.26. The van der Waals surface area contributed by atoms with Gasteiger partial charge in [0.15, 0.2) is 0 Å². The second kappa shape index (κ2) is 9.24. The van der Waals surface area contributed by atoms with E-state index < -0.39 is 12.0 Å². The molecule has 7 heteroatoms. The van der Waals surface area contributed by atoms with E-state index in [1.54, 1.807) is 13.0 Å². The minimum absolute atomic E-state index is 0.266. The van der Waals surface area contributed by atoms with Gasteiger partial charge in [-0.1, -0.05) is 42.6 Å². The number of hydrogen-bond donors (Lipinski definition) is 2. The van der Waals surface area contributed by atoms with Crippen LogP contribution in [0.25, 0.3) is 0 Å². The number of nitrogens with zero attached hydrogens (tertiary/aromatic N) is 1. The van der Waals surface area contributed by atoms with Crippen LogP contribution in [-0.2, 0) is 9.53 Å². The molecule has 6 nitrogen and oxygen atoms in total. The van der Waals surface area contributed by atoms with Crippen molar-refractivity contribution in [2.45, 2.75) is 38.6 Å². The maximum absolute atomic E-state index is 12.8. The van der Waals surface area contributed by atoms with Crippen LogP contribution in [0, 0.1) is 0 Å². The lowest BCUT2D eigenvalue weighted by Gasteiger charge is -2.32. The molecule has 0 aromatic heterocycles. The highest BCUT2D eigenvalue weighted by Crippen LogP contribution is 2.32. The van der Waals surface area contributed by atoms with Crippen LogP contribution in [0.3, 0.4) is 0 Å². The van der Waals surface area contributed by atoms with E-state index in [1.807, 2.05) is 18.2 Å². The van der Waals surface area contributed by atoms with Crippen molar-refractivity contribution in [2.75, 3.05) is 26.2 Å². The summed E-state index contributed by atoms with van der Waals surface area (Å²) in [6.45, 7) is 4.47. The van der Waals surface area contributed by atoms with Crippen molar-refractivity contribution in [1.82, 2.24) is 15.5 Å². The molecule has 1 saturated heterocycles. The van der Waals surface area contributed by atoms with Gasteiger partial charge in [-0.2, -0.15) is 0 Å². The van der Waals surface area contributed by atoms with Crippen LogP contribution < -0.4 is 10.6 Å². The first-order chi connectivity index (χ1) is 13.1. The Labute approximate surface area is 164 Å². The fourth-order valence-corrected chi connectivity index (χ4v) is 3.90. The predicted molar refractivity (Wildman–Crippen MR) is 104 cm³/mol. The molecule has 1 atom stereocenters. The topological polar surface area (TPSA) is 70.7 Å². The summed E-state index contributed by atoms with van der Waals surface area (Å²) in [4.78, 5) is 27.4.